The molecule has 0 saturated carbocycles. The predicted molar refractivity (Wildman–Crippen MR) is 60.2 cm³/mol. The SMILES string of the molecule is COc1cc(-n2nccn2)c(Cl)cc1S. The highest BCUT2D eigenvalue weighted by atomic mass is 35.5. The molecule has 1 heterocycles. The molecule has 4 nitrogen and oxygen atoms in total. The molecular weight excluding hydrogens is 234 g/mol. The van der Waals surface area contributed by atoms with Crippen molar-refractivity contribution < 1.29 is 4.74 Å². The van der Waals surface area contributed by atoms with E-state index < -0.39 is 0 Å². The molecule has 0 saturated heterocycles. The number of benzene rings is 1. The van der Waals surface area contributed by atoms with Crippen LogP contribution in [0.5, 0.6) is 5.75 Å². The van der Waals surface area contributed by atoms with Crippen LogP contribution in [0.4, 0.5) is 0 Å². The van der Waals surface area contributed by atoms with Crippen molar-refractivity contribution in [2.45, 2.75) is 4.90 Å². The quantitative estimate of drug-likeness (QED) is 0.820. The third-order valence-electron chi connectivity index (χ3n) is 1.88. The smallest absolute Gasteiger partial charge is 0.134 e. The standard InChI is InChI=1S/C9H8ClN3OS/c1-14-8-5-7(6(10)4-9(8)15)13-11-2-3-12-13/h2-5,15H,1H3. The van der Waals surface area contributed by atoms with Crippen molar-refractivity contribution in [2.75, 3.05) is 7.11 Å². The molecule has 2 rings (SSSR count). The second-order valence-corrected chi connectivity index (χ2v) is 3.68. The van der Waals surface area contributed by atoms with Crippen molar-refractivity contribution in [1.29, 1.82) is 0 Å². The van der Waals surface area contributed by atoms with E-state index in [-0.39, 0.29) is 0 Å². The first-order chi connectivity index (χ1) is 7.22. The maximum Gasteiger partial charge on any atom is 0.134 e. The van der Waals surface area contributed by atoms with E-state index in [4.69, 9.17) is 16.3 Å². The Morgan fingerprint density at radius 2 is 2.00 bits per heavy atom. The zero-order valence-corrected chi connectivity index (χ0v) is 9.53. The van der Waals surface area contributed by atoms with Gasteiger partial charge in [-0.3, -0.25) is 0 Å². The van der Waals surface area contributed by atoms with Gasteiger partial charge < -0.3 is 4.74 Å². The molecule has 15 heavy (non-hydrogen) atoms. The first-order valence-electron chi connectivity index (χ1n) is 4.15. The fourth-order valence-corrected chi connectivity index (χ4v) is 1.79. The summed E-state index contributed by atoms with van der Waals surface area (Å²) >= 11 is 10.3. The summed E-state index contributed by atoms with van der Waals surface area (Å²) in [5.74, 6) is 0.634. The van der Waals surface area contributed by atoms with Crippen LogP contribution in [0, 0.1) is 0 Å². The Balaban J connectivity index is 2.57. The number of halogens is 1. The first-order valence-corrected chi connectivity index (χ1v) is 4.98. The predicted octanol–water partition coefficient (Wildman–Crippen LogP) is 2.22. The number of hydrogen-bond donors (Lipinski definition) is 1. The molecular formula is C9H8ClN3OS. The van der Waals surface area contributed by atoms with Crippen molar-refractivity contribution in [1.82, 2.24) is 15.0 Å². The highest BCUT2D eigenvalue weighted by Crippen LogP contribution is 2.30. The minimum absolute atomic E-state index is 0.525. The summed E-state index contributed by atoms with van der Waals surface area (Å²) < 4.78 is 5.13. The van der Waals surface area contributed by atoms with Crippen LogP contribution in [0.2, 0.25) is 5.02 Å². The summed E-state index contributed by atoms with van der Waals surface area (Å²) in [6, 6.07) is 3.44. The van der Waals surface area contributed by atoms with Crippen LogP contribution in [-0.4, -0.2) is 22.1 Å². The van der Waals surface area contributed by atoms with Gasteiger partial charge in [-0.05, 0) is 6.07 Å². The van der Waals surface area contributed by atoms with Gasteiger partial charge >= 0.3 is 0 Å². The molecule has 0 aliphatic carbocycles. The van der Waals surface area contributed by atoms with E-state index in [1.807, 2.05) is 0 Å². The molecule has 0 atom stereocenters. The van der Waals surface area contributed by atoms with Gasteiger partial charge in [-0.25, -0.2) is 0 Å². The number of ether oxygens (including phenoxy) is 1. The summed E-state index contributed by atoms with van der Waals surface area (Å²) in [6.45, 7) is 0. The van der Waals surface area contributed by atoms with Gasteiger partial charge in [0.15, 0.2) is 0 Å². The summed E-state index contributed by atoms with van der Waals surface area (Å²) in [5.41, 5.74) is 0.663. The number of aromatic nitrogens is 3. The number of thiol groups is 1. The lowest BCUT2D eigenvalue weighted by molar-refractivity contribution is 0.404. The Kier molecular flexibility index (Phi) is 2.83. The van der Waals surface area contributed by atoms with Crippen LogP contribution in [0.1, 0.15) is 0 Å². The van der Waals surface area contributed by atoms with Gasteiger partial charge in [0.25, 0.3) is 0 Å². The van der Waals surface area contributed by atoms with Crippen LogP contribution >= 0.6 is 24.2 Å². The van der Waals surface area contributed by atoms with Gasteiger partial charge in [0.05, 0.1) is 24.5 Å². The third-order valence-corrected chi connectivity index (χ3v) is 2.53. The summed E-state index contributed by atoms with van der Waals surface area (Å²) in [6.07, 6.45) is 3.16. The minimum atomic E-state index is 0.525. The van der Waals surface area contributed by atoms with E-state index in [0.717, 1.165) is 0 Å². The maximum absolute atomic E-state index is 6.04. The van der Waals surface area contributed by atoms with Gasteiger partial charge in [0.2, 0.25) is 0 Å². The molecule has 6 heteroatoms. The van der Waals surface area contributed by atoms with E-state index in [2.05, 4.69) is 22.8 Å². The molecule has 0 amide bonds. The lowest BCUT2D eigenvalue weighted by Gasteiger charge is -2.08. The lowest BCUT2D eigenvalue weighted by Crippen LogP contribution is -2.00. The number of hydrogen-bond acceptors (Lipinski definition) is 4. The monoisotopic (exact) mass is 241 g/mol. The first kappa shape index (κ1) is 10.3. The fourth-order valence-electron chi connectivity index (χ4n) is 1.19. The Morgan fingerprint density at radius 1 is 1.33 bits per heavy atom. The molecule has 0 spiro atoms. The Labute approximate surface area is 97.2 Å². The lowest BCUT2D eigenvalue weighted by atomic mass is 10.3. The van der Waals surface area contributed by atoms with Gasteiger partial charge in [0, 0.05) is 11.0 Å². The van der Waals surface area contributed by atoms with Crippen LogP contribution < -0.4 is 4.74 Å². The second kappa shape index (κ2) is 4.12. The molecule has 78 valence electrons. The fraction of sp³-hybridized carbons (Fsp3) is 0.111. The molecule has 0 bridgehead atoms. The molecule has 1 aromatic carbocycles. The molecule has 2 aromatic rings. The molecule has 0 N–H and O–H groups in total. The minimum Gasteiger partial charge on any atom is -0.496 e. The third kappa shape index (κ3) is 1.93. The summed E-state index contributed by atoms with van der Waals surface area (Å²) in [7, 11) is 1.57. The highest BCUT2D eigenvalue weighted by molar-refractivity contribution is 7.80. The Bertz CT molecular complexity index is 472. The van der Waals surface area contributed by atoms with E-state index in [9.17, 15) is 0 Å². The largest absolute Gasteiger partial charge is 0.496 e. The van der Waals surface area contributed by atoms with Gasteiger partial charge in [-0.15, -0.1) is 17.4 Å². The van der Waals surface area contributed by atoms with E-state index in [0.29, 0.717) is 21.4 Å². The second-order valence-electron chi connectivity index (χ2n) is 2.79. The highest BCUT2D eigenvalue weighted by Gasteiger charge is 2.09. The van der Waals surface area contributed by atoms with Crippen LogP contribution in [0.3, 0.4) is 0 Å². The van der Waals surface area contributed by atoms with E-state index >= 15 is 0 Å². The number of rotatable bonds is 2. The molecule has 0 fully saturated rings. The van der Waals surface area contributed by atoms with Crippen molar-refractivity contribution in [2.24, 2.45) is 0 Å². The average molecular weight is 242 g/mol. The zero-order chi connectivity index (χ0) is 10.8. The van der Waals surface area contributed by atoms with Gasteiger partial charge in [-0.2, -0.15) is 10.2 Å². The topological polar surface area (TPSA) is 39.9 Å². The Hall–Kier alpha value is -1.20. The molecule has 0 unspecified atom stereocenters. The molecule has 0 aliphatic rings. The van der Waals surface area contributed by atoms with Crippen LogP contribution in [0.25, 0.3) is 5.69 Å². The zero-order valence-electron chi connectivity index (χ0n) is 7.88. The molecule has 0 aliphatic heterocycles. The van der Waals surface area contributed by atoms with Crippen molar-refractivity contribution in [3.63, 3.8) is 0 Å². The van der Waals surface area contributed by atoms with E-state index in [1.165, 1.54) is 4.80 Å². The number of methoxy groups -OCH3 is 1. The van der Waals surface area contributed by atoms with Crippen LogP contribution in [0.15, 0.2) is 29.4 Å². The van der Waals surface area contributed by atoms with Gasteiger partial charge in [0.1, 0.15) is 11.4 Å². The van der Waals surface area contributed by atoms with Crippen molar-refractivity contribution in [3.05, 3.63) is 29.5 Å². The molecule has 0 radical (unpaired) electrons. The summed E-state index contributed by atoms with van der Waals surface area (Å²) in [5, 5.41) is 8.51. The Morgan fingerprint density at radius 3 is 2.60 bits per heavy atom. The van der Waals surface area contributed by atoms with Gasteiger partial charge in [-0.1, -0.05) is 11.6 Å². The molecule has 1 aromatic heterocycles. The van der Waals surface area contributed by atoms with Crippen molar-refractivity contribution >= 4 is 24.2 Å². The number of nitrogens with zero attached hydrogens (tertiary/aromatic N) is 3. The van der Waals surface area contributed by atoms with Crippen LogP contribution in [-0.2, 0) is 0 Å². The van der Waals surface area contributed by atoms with Crippen molar-refractivity contribution in [3.8, 4) is 11.4 Å². The maximum atomic E-state index is 6.04. The normalized spacial score (nSPS) is 10.3. The van der Waals surface area contributed by atoms with E-state index in [1.54, 1.807) is 31.6 Å². The summed E-state index contributed by atoms with van der Waals surface area (Å²) in [4.78, 5) is 2.11. The average Bonchev–Trinajstić information content (AvgIpc) is 2.71.